The van der Waals surface area contributed by atoms with Gasteiger partial charge >= 0.3 is 5.97 Å². The van der Waals surface area contributed by atoms with E-state index in [0.717, 1.165) is 12.0 Å². The second-order valence-corrected chi connectivity index (χ2v) is 4.59. The zero-order chi connectivity index (χ0) is 15.1. The highest BCUT2D eigenvalue weighted by atomic mass is 16.5. The molecule has 4 heteroatoms. The van der Waals surface area contributed by atoms with E-state index >= 15 is 0 Å². The van der Waals surface area contributed by atoms with Crippen LogP contribution in [0.2, 0.25) is 0 Å². The fourth-order valence-corrected chi connectivity index (χ4v) is 1.84. The largest absolute Gasteiger partial charge is 0.493 e. The van der Waals surface area contributed by atoms with Gasteiger partial charge in [0.2, 0.25) is 0 Å². The average molecular weight is 286 g/mol. The van der Waals surface area contributed by atoms with Crippen molar-refractivity contribution in [3.05, 3.63) is 59.7 Å². The number of carbonyl (C=O) groups is 1. The predicted octanol–water partition coefficient (Wildman–Crippen LogP) is 3.75. The SMILES string of the molecule is CCCOc1cc(OCc2ccccc2)ccc1C(=O)O. The van der Waals surface area contributed by atoms with Crippen molar-refractivity contribution in [2.75, 3.05) is 6.61 Å². The Kier molecular flexibility index (Phi) is 5.21. The molecule has 110 valence electrons. The summed E-state index contributed by atoms with van der Waals surface area (Å²) in [4.78, 5) is 11.2. The van der Waals surface area contributed by atoms with E-state index in [0.29, 0.717) is 24.7 Å². The zero-order valence-corrected chi connectivity index (χ0v) is 11.9. The molecule has 0 unspecified atom stereocenters. The monoisotopic (exact) mass is 286 g/mol. The average Bonchev–Trinajstić information content (AvgIpc) is 2.51. The quantitative estimate of drug-likeness (QED) is 0.842. The molecule has 0 aliphatic carbocycles. The van der Waals surface area contributed by atoms with Crippen LogP contribution in [-0.4, -0.2) is 17.7 Å². The van der Waals surface area contributed by atoms with Crippen LogP contribution in [0.4, 0.5) is 0 Å². The lowest BCUT2D eigenvalue weighted by atomic mass is 10.2. The van der Waals surface area contributed by atoms with Gasteiger partial charge in [-0.3, -0.25) is 0 Å². The third kappa shape index (κ3) is 4.24. The number of aromatic carboxylic acids is 1. The molecule has 0 fully saturated rings. The molecule has 0 saturated carbocycles. The van der Waals surface area contributed by atoms with Crippen molar-refractivity contribution in [1.82, 2.24) is 0 Å². The van der Waals surface area contributed by atoms with E-state index in [1.807, 2.05) is 37.3 Å². The molecule has 21 heavy (non-hydrogen) atoms. The zero-order valence-electron chi connectivity index (χ0n) is 11.9. The van der Waals surface area contributed by atoms with Crippen LogP contribution in [0.25, 0.3) is 0 Å². The molecule has 0 aliphatic rings. The Labute approximate surface area is 123 Å². The van der Waals surface area contributed by atoms with E-state index in [1.54, 1.807) is 12.1 Å². The molecule has 1 N–H and O–H groups in total. The minimum atomic E-state index is -1.00. The van der Waals surface area contributed by atoms with Crippen LogP contribution >= 0.6 is 0 Å². The van der Waals surface area contributed by atoms with Crippen molar-refractivity contribution < 1.29 is 19.4 Å². The lowest BCUT2D eigenvalue weighted by molar-refractivity contribution is 0.0692. The lowest BCUT2D eigenvalue weighted by Crippen LogP contribution is -2.04. The van der Waals surface area contributed by atoms with Gasteiger partial charge in [0.05, 0.1) is 6.61 Å². The predicted molar refractivity (Wildman–Crippen MR) is 80.0 cm³/mol. The van der Waals surface area contributed by atoms with Crippen LogP contribution in [0.5, 0.6) is 11.5 Å². The summed E-state index contributed by atoms with van der Waals surface area (Å²) in [5, 5.41) is 9.14. The smallest absolute Gasteiger partial charge is 0.339 e. The first-order valence-corrected chi connectivity index (χ1v) is 6.87. The molecule has 0 aromatic heterocycles. The number of carboxylic acids is 1. The van der Waals surface area contributed by atoms with Crippen LogP contribution in [-0.2, 0) is 6.61 Å². The Hall–Kier alpha value is -2.49. The van der Waals surface area contributed by atoms with Gasteiger partial charge in [-0.1, -0.05) is 37.3 Å². The molecular weight excluding hydrogens is 268 g/mol. The van der Waals surface area contributed by atoms with Crippen LogP contribution in [0.15, 0.2) is 48.5 Å². The Bertz CT molecular complexity index is 593. The maximum absolute atomic E-state index is 11.2. The van der Waals surface area contributed by atoms with E-state index in [1.165, 1.54) is 6.07 Å². The number of carboxylic acid groups (broad SMARTS) is 1. The number of ether oxygens (including phenoxy) is 2. The summed E-state index contributed by atoms with van der Waals surface area (Å²) in [7, 11) is 0. The maximum Gasteiger partial charge on any atom is 0.339 e. The number of benzene rings is 2. The fourth-order valence-electron chi connectivity index (χ4n) is 1.84. The van der Waals surface area contributed by atoms with Crippen molar-refractivity contribution in [1.29, 1.82) is 0 Å². The second kappa shape index (κ2) is 7.33. The molecule has 0 amide bonds. The van der Waals surface area contributed by atoms with Crippen molar-refractivity contribution >= 4 is 5.97 Å². The van der Waals surface area contributed by atoms with Crippen molar-refractivity contribution in [2.45, 2.75) is 20.0 Å². The molecule has 4 nitrogen and oxygen atoms in total. The number of hydrogen-bond donors (Lipinski definition) is 1. The lowest BCUT2D eigenvalue weighted by Gasteiger charge is -2.11. The Morgan fingerprint density at radius 2 is 1.86 bits per heavy atom. The van der Waals surface area contributed by atoms with Gasteiger partial charge in [0, 0.05) is 6.07 Å². The summed E-state index contributed by atoms with van der Waals surface area (Å²) < 4.78 is 11.2. The van der Waals surface area contributed by atoms with E-state index in [-0.39, 0.29) is 5.56 Å². The van der Waals surface area contributed by atoms with Crippen LogP contribution in [0.3, 0.4) is 0 Å². The molecule has 0 bridgehead atoms. The molecule has 0 aliphatic heterocycles. The van der Waals surface area contributed by atoms with Gasteiger partial charge in [-0.15, -0.1) is 0 Å². The highest BCUT2D eigenvalue weighted by molar-refractivity contribution is 5.91. The van der Waals surface area contributed by atoms with Crippen LogP contribution in [0.1, 0.15) is 29.3 Å². The van der Waals surface area contributed by atoms with Gasteiger partial charge in [-0.25, -0.2) is 4.79 Å². The molecule has 0 heterocycles. The molecule has 0 atom stereocenters. The summed E-state index contributed by atoms with van der Waals surface area (Å²) in [6.45, 7) is 2.87. The molecule has 2 rings (SSSR count). The van der Waals surface area contributed by atoms with Crippen molar-refractivity contribution in [3.8, 4) is 11.5 Å². The van der Waals surface area contributed by atoms with Crippen LogP contribution in [0, 0.1) is 0 Å². The van der Waals surface area contributed by atoms with E-state index < -0.39 is 5.97 Å². The first-order chi connectivity index (χ1) is 10.2. The van der Waals surface area contributed by atoms with Gasteiger partial charge < -0.3 is 14.6 Å². The van der Waals surface area contributed by atoms with E-state index in [9.17, 15) is 4.79 Å². The summed E-state index contributed by atoms with van der Waals surface area (Å²) in [6.07, 6.45) is 0.814. The topological polar surface area (TPSA) is 55.8 Å². The number of hydrogen-bond acceptors (Lipinski definition) is 3. The maximum atomic E-state index is 11.2. The van der Waals surface area contributed by atoms with E-state index in [4.69, 9.17) is 14.6 Å². The molecule has 2 aromatic rings. The molecule has 2 aromatic carbocycles. The number of rotatable bonds is 7. The minimum Gasteiger partial charge on any atom is -0.493 e. The highest BCUT2D eigenvalue weighted by Gasteiger charge is 2.12. The fraction of sp³-hybridized carbons (Fsp3) is 0.235. The third-order valence-electron chi connectivity index (χ3n) is 2.89. The van der Waals surface area contributed by atoms with Gasteiger partial charge in [0.1, 0.15) is 23.7 Å². The molecule has 0 spiro atoms. The van der Waals surface area contributed by atoms with Crippen molar-refractivity contribution in [2.24, 2.45) is 0 Å². The highest BCUT2D eigenvalue weighted by Crippen LogP contribution is 2.26. The Morgan fingerprint density at radius 1 is 1.10 bits per heavy atom. The minimum absolute atomic E-state index is 0.149. The van der Waals surface area contributed by atoms with Gasteiger partial charge in [-0.05, 0) is 24.1 Å². The van der Waals surface area contributed by atoms with Gasteiger partial charge in [0.15, 0.2) is 0 Å². The Morgan fingerprint density at radius 3 is 2.52 bits per heavy atom. The summed E-state index contributed by atoms with van der Waals surface area (Å²) in [5.41, 5.74) is 1.20. The first kappa shape index (κ1) is 14.9. The molecule has 0 radical (unpaired) electrons. The molecule has 0 saturated heterocycles. The molecular formula is C17H18O4. The van der Waals surface area contributed by atoms with Gasteiger partial charge in [0.25, 0.3) is 0 Å². The second-order valence-electron chi connectivity index (χ2n) is 4.59. The Balaban J connectivity index is 2.11. The summed E-state index contributed by atoms with van der Waals surface area (Å²) >= 11 is 0. The van der Waals surface area contributed by atoms with Crippen LogP contribution < -0.4 is 9.47 Å². The van der Waals surface area contributed by atoms with Gasteiger partial charge in [-0.2, -0.15) is 0 Å². The third-order valence-corrected chi connectivity index (χ3v) is 2.89. The summed E-state index contributed by atoms with van der Waals surface area (Å²) in [6, 6.07) is 14.6. The standard InChI is InChI=1S/C17H18O4/c1-2-10-20-16-11-14(8-9-15(16)17(18)19)21-12-13-6-4-3-5-7-13/h3-9,11H,2,10,12H2,1H3,(H,18,19). The van der Waals surface area contributed by atoms with E-state index in [2.05, 4.69) is 0 Å². The summed E-state index contributed by atoms with van der Waals surface area (Å²) in [5.74, 6) is -0.0689. The normalized spacial score (nSPS) is 10.1. The van der Waals surface area contributed by atoms with Crippen molar-refractivity contribution in [3.63, 3.8) is 0 Å². The first-order valence-electron chi connectivity index (χ1n) is 6.87.